The molecule has 6 nitrogen and oxygen atoms in total. The van der Waals surface area contributed by atoms with Gasteiger partial charge in [0.05, 0.1) is 11.8 Å². The number of amides is 1. The fraction of sp³-hybridized carbons (Fsp3) is 0.364. The normalized spacial score (nSPS) is 12.6. The Labute approximate surface area is 108 Å². The number of nitrogens with two attached hydrogens (primary N) is 1. The number of nitrogens with one attached hydrogen (secondary N) is 1. The number of nitrogens with zero attached hydrogens (tertiary/aromatic N) is 2. The molecule has 1 unspecified atom stereocenters. The molecule has 2 heterocycles. The number of aliphatic hydroxyl groups excluding tert-OH is 1. The molecule has 4 N–H and O–H groups in total. The van der Waals surface area contributed by atoms with Crippen molar-refractivity contribution in [3.8, 4) is 0 Å². The fourth-order valence-corrected chi connectivity index (χ4v) is 2.43. The molecule has 0 fully saturated rings. The van der Waals surface area contributed by atoms with E-state index in [1.165, 1.54) is 11.3 Å². The van der Waals surface area contributed by atoms with Gasteiger partial charge in [0.2, 0.25) is 0 Å². The van der Waals surface area contributed by atoms with Gasteiger partial charge in [-0.15, -0.1) is 11.3 Å². The summed E-state index contributed by atoms with van der Waals surface area (Å²) in [5.74, 6) is -0.252. The van der Waals surface area contributed by atoms with Crippen LogP contribution in [0.3, 0.4) is 0 Å². The zero-order valence-electron chi connectivity index (χ0n) is 9.88. The Balaban J connectivity index is 2.15. The van der Waals surface area contributed by atoms with Crippen molar-refractivity contribution in [2.45, 2.75) is 19.4 Å². The molecule has 2 aromatic rings. The number of rotatable bonds is 4. The highest BCUT2D eigenvalue weighted by atomic mass is 32.1. The predicted octanol–water partition coefficient (Wildman–Crippen LogP) is 0.774. The predicted molar refractivity (Wildman–Crippen MR) is 70.5 cm³/mol. The Hall–Kier alpha value is -1.73. The minimum atomic E-state index is -0.437. The largest absolute Gasteiger partial charge is 0.396 e. The van der Waals surface area contributed by atoms with Crippen LogP contribution in [-0.4, -0.2) is 33.6 Å². The quantitative estimate of drug-likeness (QED) is 0.759. The molecular weight excluding hydrogens is 252 g/mol. The molecule has 0 saturated heterocycles. The van der Waals surface area contributed by atoms with Crippen molar-refractivity contribution >= 4 is 33.3 Å². The van der Waals surface area contributed by atoms with Crippen LogP contribution < -0.4 is 11.1 Å². The highest BCUT2D eigenvalue weighted by molar-refractivity contribution is 7.21. The zero-order valence-corrected chi connectivity index (χ0v) is 10.7. The third-order valence-electron chi connectivity index (χ3n) is 2.42. The summed E-state index contributed by atoms with van der Waals surface area (Å²) in [7, 11) is 0. The molecule has 0 radical (unpaired) electrons. The molecule has 96 valence electrons. The van der Waals surface area contributed by atoms with Gasteiger partial charge in [-0.05, 0) is 13.3 Å². The van der Waals surface area contributed by atoms with E-state index in [1.54, 1.807) is 19.3 Å². The highest BCUT2D eigenvalue weighted by Crippen LogP contribution is 2.30. The van der Waals surface area contributed by atoms with Gasteiger partial charge in [-0.1, -0.05) is 0 Å². The molecule has 0 aliphatic rings. The lowest BCUT2D eigenvalue weighted by Crippen LogP contribution is -2.26. The second kappa shape index (κ2) is 5.28. The van der Waals surface area contributed by atoms with Gasteiger partial charge in [-0.25, -0.2) is 9.97 Å². The van der Waals surface area contributed by atoms with Crippen molar-refractivity contribution in [1.29, 1.82) is 0 Å². The van der Waals surface area contributed by atoms with Crippen molar-refractivity contribution in [2.24, 2.45) is 0 Å². The average molecular weight is 266 g/mol. The number of aliphatic hydroxyl groups is 1. The van der Waals surface area contributed by atoms with Crippen LogP contribution in [0.25, 0.3) is 10.3 Å². The van der Waals surface area contributed by atoms with Crippen LogP contribution in [0.4, 0.5) is 5.69 Å². The SMILES string of the molecule is CC(O)CCNC(=O)c1sc2nccnc2c1N. The first-order valence-corrected chi connectivity index (χ1v) is 6.36. The Morgan fingerprint density at radius 1 is 1.56 bits per heavy atom. The van der Waals surface area contributed by atoms with Crippen LogP contribution in [0.5, 0.6) is 0 Å². The standard InChI is InChI=1S/C11H14N4O2S/c1-6(16)2-3-14-10(17)9-7(12)8-11(18-9)15-5-4-13-8/h4-6,16H,2-3,12H2,1H3,(H,14,17). The minimum absolute atomic E-state index is 0.252. The van der Waals surface area contributed by atoms with Crippen molar-refractivity contribution in [3.05, 3.63) is 17.3 Å². The lowest BCUT2D eigenvalue weighted by Gasteiger charge is -2.05. The van der Waals surface area contributed by atoms with Gasteiger partial charge in [-0.3, -0.25) is 4.79 Å². The maximum Gasteiger partial charge on any atom is 0.263 e. The fourth-order valence-electron chi connectivity index (χ4n) is 1.49. The number of anilines is 1. The molecule has 1 amide bonds. The summed E-state index contributed by atoms with van der Waals surface area (Å²) in [6.45, 7) is 2.08. The first-order valence-electron chi connectivity index (χ1n) is 5.55. The van der Waals surface area contributed by atoms with Crippen LogP contribution in [0.15, 0.2) is 12.4 Å². The molecule has 7 heteroatoms. The average Bonchev–Trinajstić information content (AvgIpc) is 2.67. The van der Waals surface area contributed by atoms with Crippen molar-refractivity contribution in [1.82, 2.24) is 15.3 Å². The summed E-state index contributed by atoms with van der Waals surface area (Å²) in [6.07, 6.45) is 3.18. The molecule has 18 heavy (non-hydrogen) atoms. The van der Waals surface area contributed by atoms with E-state index in [2.05, 4.69) is 15.3 Å². The number of fused-ring (bicyclic) bond motifs is 1. The topological polar surface area (TPSA) is 101 Å². The second-order valence-electron chi connectivity index (χ2n) is 3.95. The van der Waals surface area contributed by atoms with Crippen molar-refractivity contribution < 1.29 is 9.90 Å². The number of nitrogen functional groups attached to an aromatic ring is 1. The van der Waals surface area contributed by atoms with E-state index in [-0.39, 0.29) is 5.91 Å². The maximum atomic E-state index is 11.9. The van der Waals surface area contributed by atoms with E-state index in [0.29, 0.717) is 33.9 Å². The van der Waals surface area contributed by atoms with Gasteiger partial charge in [0.25, 0.3) is 5.91 Å². The highest BCUT2D eigenvalue weighted by Gasteiger charge is 2.17. The summed E-state index contributed by atoms with van der Waals surface area (Å²) >= 11 is 1.22. The van der Waals surface area contributed by atoms with E-state index in [9.17, 15) is 4.79 Å². The first kappa shape index (κ1) is 12.7. The molecule has 0 aliphatic heterocycles. The van der Waals surface area contributed by atoms with Gasteiger partial charge >= 0.3 is 0 Å². The minimum Gasteiger partial charge on any atom is -0.396 e. The first-order chi connectivity index (χ1) is 8.59. The maximum absolute atomic E-state index is 11.9. The molecule has 0 saturated carbocycles. The van der Waals surface area contributed by atoms with Crippen LogP contribution in [0.1, 0.15) is 23.0 Å². The number of thiophene rings is 1. The Bertz CT molecular complexity index is 567. The molecule has 0 aromatic carbocycles. The van der Waals surface area contributed by atoms with Gasteiger partial charge in [0.15, 0.2) is 0 Å². The van der Waals surface area contributed by atoms with E-state index < -0.39 is 6.10 Å². The smallest absolute Gasteiger partial charge is 0.263 e. The van der Waals surface area contributed by atoms with Crippen molar-refractivity contribution in [3.63, 3.8) is 0 Å². The molecule has 0 aliphatic carbocycles. The molecule has 0 bridgehead atoms. The Kier molecular flexibility index (Phi) is 3.73. The Morgan fingerprint density at radius 3 is 2.94 bits per heavy atom. The van der Waals surface area contributed by atoms with Gasteiger partial charge in [0, 0.05) is 18.9 Å². The lowest BCUT2D eigenvalue weighted by molar-refractivity contribution is 0.0950. The van der Waals surface area contributed by atoms with Gasteiger partial charge in [-0.2, -0.15) is 0 Å². The number of hydrogen-bond acceptors (Lipinski definition) is 6. The summed E-state index contributed by atoms with van der Waals surface area (Å²) in [5, 5.41) is 11.8. The van der Waals surface area contributed by atoms with Gasteiger partial charge in [0.1, 0.15) is 15.2 Å². The molecule has 0 spiro atoms. The van der Waals surface area contributed by atoms with Gasteiger partial charge < -0.3 is 16.2 Å². The van der Waals surface area contributed by atoms with Crippen LogP contribution in [0, 0.1) is 0 Å². The second-order valence-corrected chi connectivity index (χ2v) is 4.95. The van der Waals surface area contributed by atoms with Crippen LogP contribution >= 0.6 is 11.3 Å². The molecular formula is C11H14N4O2S. The summed E-state index contributed by atoms with van der Waals surface area (Å²) in [6, 6.07) is 0. The molecule has 1 atom stereocenters. The van der Waals surface area contributed by atoms with Crippen LogP contribution in [-0.2, 0) is 0 Å². The summed E-state index contributed by atoms with van der Waals surface area (Å²) in [4.78, 5) is 21.2. The van der Waals surface area contributed by atoms with Crippen molar-refractivity contribution in [2.75, 3.05) is 12.3 Å². The monoisotopic (exact) mass is 266 g/mol. The Morgan fingerprint density at radius 2 is 2.28 bits per heavy atom. The third-order valence-corrected chi connectivity index (χ3v) is 3.52. The van der Waals surface area contributed by atoms with E-state index >= 15 is 0 Å². The summed E-state index contributed by atoms with van der Waals surface area (Å²) < 4.78 is 0. The lowest BCUT2D eigenvalue weighted by atomic mass is 10.3. The van der Waals surface area contributed by atoms with Crippen LogP contribution in [0.2, 0.25) is 0 Å². The van der Waals surface area contributed by atoms with E-state index in [4.69, 9.17) is 10.8 Å². The van der Waals surface area contributed by atoms with E-state index in [1.807, 2.05) is 0 Å². The number of aromatic nitrogens is 2. The van der Waals surface area contributed by atoms with E-state index in [0.717, 1.165) is 0 Å². The number of carbonyl (C=O) groups is 1. The number of carbonyl (C=O) groups excluding carboxylic acids is 1. The molecule has 2 rings (SSSR count). The molecule has 2 aromatic heterocycles. The number of hydrogen-bond donors (Lipinski definition) is 3. The third kappa shape index (κ3) is 2.57. The zero-order chi connectivity index (χ0) is 13.1. The summed E-state index contributed by atoms with van der Waals surface area (Å²) in [5.41, 5.74) is 6.79.